The summed E-state index contributed by atoms with van der Waals surface area (Å²) in [4.78, 5) is 20.7. The molecule has 1 unspecified atom stereocenters. The summed E-state index contributed by atoms with van der Waals surface area (Å²) in [6, 6.07) is 4.85. The van der Waals surface area contributed by atoms with E-state index >= 15 is 0 Å². The van der Waals surface area contributed by atoms with Crippen molar-refractivity contribution in [2.75, 3.05) is 0 Å². The monoisotopic (exact) mass is 193 g/mol. The van der Waals surface area contributed by atoms with E-state index in [9.17, 15) is 14.9 Å². The molecule has 0 amide bonds. The standard InChI is InChI=1S/C10H11NO3/c1-7-3-4-9(8(2)6-12)5-10(7)11(13)14/h3-6,8H,1-2H3. The maximum Gasteiger partial charge on any atom is 0.272 e. The number of benzene rings is 1. The molecule has 74 valence electrons. The molecule has 0 spiro atoms. The predicted octanol–water partition coefficient (Wildman–Crippen LogP) is 2.21. The van der Waals surface area contributed by atoms with Gasteiger partial charge in [-0.05, 0) is 12.5 Å². The van der Waals surface area contributed by atoms with E-state index in [4.69, 9.17) is 0 Å². The van der Waals surface area contributed by atoms with Crippen molar-refractivity contribution in [3.8, 4) is 0 Å². The van der Waals surface area contributed by atoms with Gasteiger partial charge in [0.25, 0.3) is 5.69 Å². The van der Waals surface area contributed by atoms with Crippen LogP contribution in [0.2, 0.25) is 0 Å². The van der Waals surface area contributed by atoms with Crippen molar-refractivity contribution in [2.45, 2.75) is 19.8 Å². The number of nitrogens with zero attached hydrogens (tertiary/aromatic N) is 1. The van der Waals surface area contributed by atoms with Crippen LogP contribution in [-0.4, -0.2) is 11.2 Å². The highest BCUT2D eigenvalue weighted by Gasteiger charge is 2.13. The Morgan fingerprint density at radius 2 is 2.14 bits per heavy atom. The van der Waals surface area contributed by atoms with Gasteiger partial charge in [0.05, 0.1) is 4.92 Å². The van der Waals surface area contributed by atoms with Gasteiger partial charge in [0, 0.05) is 17.5 Å². The minimum Gasteiger partial charge on any atom is -0.303 e. The Kier molecular flexibility index (Phi) is 2.96. The predicted molar refractivity (Wildman–Crippen MR) is 52.3 cm³/mol. The smallest absolute Gasteiger partial charge is 0.272 e. The van der Waals surface area contributed by atoms with Crippen LogP contribution in [0.1, 0.15) is 24.0 Å². The van der Waals surface area contributed by atoms with Crippen LogP contribution in [0, 0.1) is 17.0 Å². The van der Waals surface area contributed by atoms with E-state index in [1.54, 1.807) is 26.0 Å². The maximum absolute atomic E-state index is 10.6. The van der Waals surface area contributed by atoms with Crippen molar-refractivity contribution in [3.05, 3.63) is 39.4 Å². The summed E-state index contributed by atoms with van der Waals surface area (Å²) in [5, 5.41) is 10.6. The van der Waals surface area contributed by atoms with Crippen LogP contribution in [0.4, 0.5) is 5.69 Å². The lowest BCUT2D eigenvalue weighted by Crippen LogP contribution is -1.98. The first kappa shape index (κ1) is 10.4. The molecule has 0 aliphatic heterocycles. The summed E-state index contributed by atoms with van der Waals surface area (Å²) < 4.78 is 0. The molecular formula is C10H11NO3. The lowest BCUT2D eigenvalue weighted by atomic mass is 10.0. The third-order valence-corrected chi connectivity index (χ3v) is 2.16. The topological polar surface area (TPSA) is 60.2 Å². The Hall–Kier alpha value is -1.71. The van der Waals surface area contributed by atoms with Crippen molar-refractivity contribution in [3.63, 3.8) is 0 Å². The van der Waals surface area contributed by atoms with Crippen LogP contribution < -0.4 is 0 Å². The Morgan fingerprint density at radius 3 is 2.64 bits per heavy atom. The average molecular weight is 193 g/mol. The Labute approximate surface area is 81.7 Å². The number of nitro groups is 1. The summed E-state index contributed by atoms with van der Waals surface area (Å²) in [5.74, 6) is -0.297. The SMILES string of the molecule is Cc1ccc(C(C)C=O)cc1[N+](=O)[O-]. The van der Waals surface area contributed by atoms with Gasteiger partial charge in [-0.1, -0.05) is 19.1 Å². The van der Waals surface area contributed by atoms with E-state index in [1.807, 2.05) is 0 Å². The number of hydrogen-bond acceptors (Lipinski definition) is 3. The van der Waals surface area contributed by atoms with Crippen molar-refractivity contribution in [1.29, 1.82) is 0 Å². The quantitative estimate of drug-likeness (QED) is 0.420. The summed E-state index contributed by atoms with van der Waals surface area (Å²) >= 11 is 0. The molecule has 0 radical (unpaired) electrons. The number of aldehydes is 1. The van der Waals surface area contributed by atoms with E-state index in [1.165, 1.54) is 6.07 Å². The maximum atomic E-state index is 10.6. The largest absolute Gasteiger partial charge is 0.303 e. The second kappa shape index (κ2) is 4.00. The van der Waals surface area contributed by atoms with Gasteiger partial charge in [-0.25, -0.2) is 0 Å². The molecule has 4 nitrogen and oxygen atoms in total. The molecule has 0 bridgehead atoms. The Morgan fingerprint density at radius 1 is 1.50 bits per heavy atom. The third kappa shape index (κ3) is 1.96. The fourth-order valence-electron chi connectivity index (χ4n) is 1.18. The molecule has 0 heterocycles. The van der Waals surface area contributed by atoms with Crippen LogP contribution in [0.3, 0.4) is 0 Å². The van der Waals surface area contributed by atoms with E-state index in [0.29, 0.717) is 11.1 Å². The molecular weight excluding hydrogens is 182 g/mol. The second-order valence-electron chi connectivity index (χ2n) is 3.23. The zero-order valence-electron chi connectivity index (χ0n) is 8.06. The van der Waals surface area contributed by atoms with Gasteiger partial charge in [0.1, 0.15) is 6.29 Å². The molecule has 0 N–H and O–H groups in total. The Balaban J connectivity index is 3.19. The Bertz CT molecular complexity index is 374. The lowest BCUT2D eigenvalue weighted by Gasteiger charge is -2.04. The first-order chi connectivity index (χ1) is 6.56. The van der Waals surface area contributed by atoms with Gasteiger partial charge < -0.3 is 4.79 Å². The molecule has 0 aliphatic carbocycles. The van der Waals surface area contributed by atoms with Crippen LogP contribution >= 0.6 is 0 Å². The molecule has 1 rings (SSSR count). The number of carbonyl (C=O) groups is 1. The molecule has 0 aromatic heterocycles. The lowest BCUT2D eigenvalue weighted by molar-refractivity contribution is -0.385. The zero-order chi connectivity index (χ0) is 10.7. The van der Waals surface area contributed by atoms with Gasteiger partial charge in [0.15, 0.2) is 0 Å². The van der Waals surface area contributed by atoms with Crippen molar-refractivity contribution < 1.29 is 9.72 Å². The second-order valence-corrected chi connectivity index (χ2v) is 3.23. The van der Waals surface area contributed by atoms with Gasteiger partial charge in [-0.2, -0.15) is 0 Å². The first-order valence-electron chi connectivity index (χ1n) is 4.26. The summed E-state index contributed by atoms with van der Waals surface area (Å²) in [5.41, 5.74) is 1.35. The zero-order valence-corrected chi connectivity index (χ0v) is 8.06. The normalized spacial score (nSPS) is 12.1. The molecule has 4 heteroatoms. The van der Waals surface area contributed by atoms with E-state index < -0.39 is 4.92 Å². The molecule has 1 aromatic carbocycles. The number of nitro benzene ring substituents is 1. The fraction of sp³-hybridized carbons (Fsp3) is 0.300. The highest BCUT2D eigenvalue weighted by molar-refractivity contribution is 5.62. The van der Waals surface area contributed by atoms with E-state index in [2.05, 4.69) is 0 Å². The van der Waals surface area contributed by atoms with Crippen molar-refractivity contribution in [1.82, 2.24) is 0 Å². The van der Waals surface area contributed by atoms with Crippen molar-refractivity contribution in [2.24, 2.45) is 0 Å². The number of rotatable bonds is 3. The fourth-order valence-corrected chi connectivity index (χ4v) is 1.18. The highest BCUT2D eigenvalue weighted by Crippen LogP contribution is 2.23. The highest BCUT2D eigenvalue weighted by atomic mass is 16.6. The van der Waals surface area contributed by atoms with Gasteiger partial charge in [-0.15, -0.1) is 0 Å². The van der Waals surface area contributed by atoms with Crippen LogP contribution in [-0.2, 0) is 4.79 Å². The van der Waals surface area contributed by atoms with E-state index in [0.717, 1.165) is 6.29 Å². The molecule has 0 saturated heterocycles. The summed E-state index contributed by atoms with van der Waals surface area (Å²) in [6.07, 6.45) is 0.772. The molecule has 1 atom stereocenters. The summed E-state index contributed by atoms with van der Waals surface area (Å²) in [6.45, 7) is 3.38. The molecule has 0 saturated carbocycles. The van der Waals surface area contributed by atoms with Crippen LogP contribution in [0.25, 0.3) is 0 Å². The molecule has 1 aromatic rings. The van der Waals surface area contributed by atoms with Gasteiger partial charge in [0.2, 0.25) is 0 Å². The third-order valence-electron chi connectivity index (χ3n) is 2.16. The molecule has 0 fully saturated rings. The number of hydrogen-bond donors (Lipinski definition) is 0. The number of carbonyl (C=O) groups excluding carboxylic acids is 1. The first-order valence-corrected chi connectivity index (χ1v) is 4.26. The minimum absolute atomic E-state index is 0.0659. The van der Waals surface area contributed by atoms with Gasteiger partial charge >= 0.3 is 0 Å². The minimum atomic E-state index is -0.434. The van der Waals surface area contributed by atoms with Crippen LogP contribution in [0.15, 0.2) is 18.2 Å². The van der Waals surface area contributed by atoms with Crippen molar-refractivity contribution >= 4 is 12.0 Å². The van der Waals surface area contributed by atoms with Gasteiger partial charge in [-0.3, -0.25) is 10.1 Å². The average Bonchev–Trinajstić information content (AvgIpc) is 2.17. The summed E-state index contributed by atoms with van der Waals surface area (Å²) in [7, 11) is 0. The number of aryl methyl sites for hydroxylation is 1. The van der Waals surface area contributed by atoms with Crippen LogP contribution in [0.5, 0.6) is 0 Å². The van der Waals surface area contributed by atoms with E-state index in [-0.39, 0.29) is 11.6 Å². The molecule has 0 aliphatic rings. The molecule has 14 heavy (non-hydrogen) atoms.